The van der Waals surface area contributed by atoms with Crippen LogP contribution in [0.25, 0.3) is 11.3 Å². The summed E-state index contributed by atoms with van der Waals surface area (Å²) in [6.45, 7) is 12.4. The van der Waals surface area contributed by atoms with Crippen LogP contribution in [0.4, 0.5) is 9.59 Å². The van der Waals surface area contributed by atoms with E-state index < -0.39 is 53.1 Å². The molecule has 1 aliphatic rings. The number of urea groups is 1. The first-order valence-electron chi connectivity index (χ1n) is 19.9. The minimum absolute atomic E-state index is 0.0309. The zero-order chi connectivity index (χ0) is 42.0. The summed E-state index contributed by atoms with van der Waals surface area (Å²) in [5.74, 6) is -0.909. The zero-order valence-electron chi connectivity index (χ0n) is 34.4. The van der Waals surface area contributed by atoms with Gasteiger partial charge in [-0.25, -0.2) is 9.59 Å². The standard InChI is InChI=1S/C46H58N6O6/c1-45(2,3)39(50-43(56)57)41(54)48-35(27-32-20-22-34(23-21-32)36-19-13-14-24-47-36)29-38(53)37(28-31-15-9-7-10-16-31)49-42(55)40(46(4,5)6)52-26-25-51(44(52)58)30-33-17-11-8-12-18-33/h7-24,35,37-40,50,53H,25-30H2,1-6H3,(H,48,54)(H,49,55)(H,56,57)/t35-,37-,38-,39+,40+/m0/s1. The van der Waals surface area contributed by atoms with E-state index in [0.29, 0.717) is 26.1 Å². The molecule has 0 radical (unpaired) electrons. The average molecular weight is 791 g/mol. The number of nitrogens with one attached hydrogen (secondary N) is 3. The van der Waals surface area contributed by atoms with E-state index >= 15 is 0 Å². The van der Waals surface area contributed by atoms with Crippen LogP contribution >= 0.6 is 0 Å². The third kappa shape index (κ3) is 11.9. The molecular weight excluding hydrogens is 733 g/mol. The van der Waals surface area contributed by atoms with Crippen molar-refractivity contribution in [2.45, 2.75) is 97.6 Å². The number of pyridine rings is 1. The van der Waals surface area contributed by atoms with Crippen LogP contribution in [0.3, 0.4) is 0 Å². The largest absolute Gasteiger partial charge is 0.465 e. The van der Waals surface area contributed by atoms with Crippen molar-refractivity contribution in [2.75, 3.05) is 13.1 Å². The topological polar surface area (TPSA) is 164 Å². The van der Waals surface area contributed by atoms with E-state index in [1.807, 2.05) is 124 Å². The zero-order valence-corrected chi connectivity index (χ0v) is 34.4. The van der Waals surface area contributed by atoms with Crippen molar-refractivity contribution >= 4 is 23.9 Å². The van der Waals surface area contributed by atoms with Crippen LogP contribution in [0, 0.1) is 10.8 Å². The Bertz CT molecular complexity index is 1970. The number of hydrogen-bond donors (Lipinski definition) is 5. The van der Waals surface area contributed by atoms with Crippen LogP contribution in [0.1, 0.15) is 64.7 Å². The highest BCUT2D eigenvalue weighted by Crippen LogP contribution is 2.29. The second-order valence-electron chi connectivity index (χ2n) is 17.3. The summed E-state index contributed by atoms with van der Waals surface area (Å²) in [5.41, 5.74) is 3.08. The highest BCUT2D eigenvalue weighted by atomic mass is 16.4. The number of aliphatic hydroxyl groups is 1. The molecule has 4 aromatic rings. The molecule has 0 aliphatic carbocycles. The van der Waals surface area contributed by atoms with Crippen molar-refractivity contribution in [1.29, 1.82) is 0 Å². The van der Waals surface area contributed by atoms with Crippen molar-refractivity contribution in [2.24, 2.45) is 10.8 Å². The van der Waals surface area contributed by atoms with Gasteiger partial charge in [0, 0.05) is 37.4 Å². The summed E-state index contributed by atoms with van der Waals surface area (Å²) in [5, 5.41) is 30.3. The summed E-state index contributed by atoms with van der Waals surface area (Å²) >= 11 is 0. The minimum atomic E-state index is -1.32. The van der Waals surface area contributed by atoms with E-state index in [4.69, 9.17) is 0 Å². The van der Waals surface area contributed by atoms with Gasteiger partial charge in [-0.3, -0.25) is 14.6 Å². The fourth-order valence-corrected chi connectivity index (χ4v) is 7.57. The van der Waals surface area contributed by atoms with Crippen molar-refractivity contribution in [3.05, 3.63) is 126 Å². The summed E-state index contributed by atoms with van der Waals surface area (Å²) in [6, 6.07) is 29.1. The van der Waals surface area contributed by atoms with Gasteiger partial charge in [0.25, 0.3) is 0 Å². The number of nitrogens with zero attached hydrogens (tertiary/aromatic N) is 3. The van der Waals surface area contributed by atoms with Crippen molar-refractivity contribution in [3.8, 4) is 11.3 Å². The van der Waals surface area contributed by atoms with E-state index in [-0.39, 0.29) is 24.8 Å². The molecule has 1 aliphatic heterocycles. The van der Waals surface area contributed by atoms with Crippen LogP contribution in [0.15, 0.2) is 109 Å². The summed E-state index contributed by atoms with van der Waals surface area (Å²) in [7, 11) is 0. The maximum Gasteiger partial charge on any atom is 0.405 e. The molecule has 5 amide bonds. The molecule has 0 saturated carbocycles. The molecule has 58 heavy (non-hydrogen) atoms. The van der Waals surface area contributed by atoms with Gasteiger partial charge in [0.1, 0.15) is 12.1 Å². The van der Waals surface area contributed by atoms with E-state index in [2.05, 4.69) is 20.9 Å². The predicted molar refractivity (Wildman–Crippen MR) is 225 cm³/mol. The molecule has 308 valence electrons. The Morgan fingerprint density at radius 2 is 1.31 bits per heavy atom. The molecule has 1 saturated heterocycles. The Morgan fingerprint density at radius 3 is 1.88 bits per heavy atom. The maximum absolute atomic E-state index is 14.5. The van der Waals surface area contributed by atoms with Gasteiger partial charge >= 0.3 is 12.1 Å². The van der Waals surface area contributed by atoms with Gasteiger partial charge in [0.2, 0.25) is 11.8 Å². The Kier molecular flexibility index (Phi) is 14.3. The van der Waals surface area contributed by atoms with Gasteiger partial charge in [-0.05, 0) is 58.9 Å². The second-order valence-corrected chi connectivity index (χ2v) is 17.3. The fraction of sp³-hybridized carbons (Fsp3) is 0.413. The van der Waals surface area contributed by atoms with Crippen LogP contribution in [-0.4, -0.2) is 92.3 Å². The first-order chi connectivity index (χ1) is 27.5. The smallest absolute Gasteiger partial charge is 0.405 e. The molecule has 5 atom stereocenters. The molecule has 0 spiro atoms. The van der Waals surface area contributed by atoms with Crippen LogP contribution in [-0.2, 0) is 29.0 Å². The normalized spacial score (nSPS) is 15.9. The first kappa shape index (κ1) is 43.4. The minimum Gasteiger partial charge on any atom is -0.465 e. The Balaban J connectivity index is 1.41. The van der Waals surface area contributed by atoms with Crippen molar-refractivity contribution < 1.29 is 29.4 Å². The highest BCUT2D eigenvalue weighted by Gasteiger charge is 2.44. The lowest BCUT2D eigenvalue weighted by Gasteiger charge is -2.38. The second kappa shape index (κ2) is 19.1. The number of carbonyl (C=O) groups excluding carboxylic acids is 3. The number of carboxylic acid groups (broad SMARTS) is 1. The summed E-state index contributed by atoms with van der Waals surface area (Å²) in [6.07, 6.45) is -0.134. The Hall–Kier alpha value is -5.75. The monoisotopic (exact) mass is 790 g/mol. The molecule has 0 bridgehead atoms. The summed E-state index contributed by atoms with van der Waals surface area (Å²) in [4.78, 5) is 61.8. The molecule has 0 unspecified atom stereocenters. The Labute approximate surface area is 342 Å². The number of hydrogen-bond acceptors (Lipinski definition) is 6. The van der Waals surface area contributed by atoms with E-state index in [1.54, 1.807) is 36.8 Å². The number of rotatable bonds is 16. The van der Waals surface area contributed by atoms with E-state index in [9.17, 15) is 29.4 Å². The van der Waals surface area contributed by atoms with Crippen LogP contribution in [0.2, 0.25) is 0 Å². The SMILES string of the molecule is CC(C)(C)[C@H](NC(=O)O)C(=O)N[C@@H](Cc1ccc(-c2ccccn2)cc1)C[C@H](O)[C@H](Cc1ccccc1)NC(=O)[C@@H](N1CCN(Cc2ccccc2)C1=O)C(C)(C)C. The molecule has 12 heteroatoms. The first-order valence-corrected chi connectivity index (χ1v) is 19.9. The van der Waals surface area contributed by atoms with E-state index in [0.717, 1.165) is 27.9 Å². The third-order valence-corrected chi connectivity index (χ3v) is 10.5. The van der Waals surface area contributed by atoms with Gasteiger partial charge in [-0.1, -0.05) is 133 Å². The molecule has 12 nitrogen and oxygen atoms in total. The predicted octanol–water partition coefficient (Wildman–Crippen LogP) is 6.29. The van der Waals surface area contributed by atoms with Crippen LogP contribution in [0.5, 0.6) is 0 Å². The summed E-state index contributed by atoms with van der Waals surface area (Å²) < 4.78 is 0. The van der Waals surface area contributed by atoms with Gasteiger partial charge in [-0.15, -0.1) is 0 Å². The van der Waals surface area contributed by atoms with Crippen LogP contribution < -0.4 is 16.0 Å². The molecule has 1 fully saturated rings. The van der Waals surface area contributed by atoms with Gasteiger partial charge < -0.3 is 36.0 Å². The molecule has 5 N–H and O–H groups in total. The number of carbonyl (C=O) groups is 4. The van der Waals surface area contributed by atoms with Gasteiger partial charge in [0.05, 0.1) is 17.8 Å². The number of benzene rings is 3. The molecule has 3 aromatic carbocycles. The maximum atomic E-state index is 14.5. The quantitative estimate of drug-likeness (QED) is 0.0891. The molecule has 1 aromatic heterocycles. The van der Waals surface area contributed by atoms with Gasteiger partial charge in [0.15, 0.2) is 0 Å². The number of aliphatic hydroxyl groups excluding tert-OH is 1. The van der Waals surface area contributed by atoms with Crippen molar-refractivity contribution in [1.82, 2.24) is 30.7 Å². The molecular formula is C46H58N6O6. The number of amides is 5. The fourth-order valence-electron chi connectivity index (χ4n) is 7.57. The van der Waals surface area contributed by atoms with Gasteiger partial charge in [-0.2, -0.15) is 0 Å². The Morgan fingerprint density at radius 1 is 0.707 bits per heavy atom. The lowest BCUT2D eigenvalue weighted by Crippen LogP contribution is -2.59. The lowest BCUT2D eigenvalue weighted by molar-refractivity contribution is -0.131. The molecule has 5 rings (SSSR count). The average Bonchev–Trinajstić information content (AvgIpc) is 3.51. The third-order valence-electron chi connectivity index (χ3n) is 10.5. The van der Waals surface area contributed by atoms with Crippen molar-refractivity contribution in [3.63, 3.8) is 0 Å². The highest BCUT2D eigenvalue weighted by molar-refractivity contribution is 5.89. The molecule has 2 heterocycles. The number of aromatic nitrogens is 1. The van der Waals surface area contributed by atoms with E-state index in [1.165, 1.54) is 0 Å². The lowest BCUT2D eigenvalue weighted by atomic mass is 9.84.